The molecule has 1 aromatic carbocycles. The molecule has 1 saturated heterocycles. The van der Waals surface area contributed by atoms with Gasteiger partial charge in [0.2, 0.25) is 0 Å². The Balaban J connectivity index is 0.00000312. The van der Waals surface area contributed by atoms with Crippen molar-refractivity contribution in [3.8, 4) is 0 Å². The Kier molecular flexibility index (Phi) is 10.7. The third-order valence-electron chi connectivity index (χ3n) is 4.52. The summed E-state index contributed by atoms with van der Waals surface area (Å²) in [7, 11) is 1.83. The van der Waals surface area contributed by atoms with Crippen LogP contribution in [0.2, 0.25) is 5.02 Å². The highest BCUT2D eigenvalue weighted by atomic mass is 127. The number of piperidine rings is 1. The number of nitrogens with one attached hydrogen (secondary N) is 2. The highest BCUT2D eigenvalue weighted by Crippen LogP contribution is 2.21. The second kappa shape index (κ2) is 11.6. The summed E-state index contributed by atoms with van der Waals surface area (Å²) >= 11 is 9.64. The van der Waals surface area contributed by atoms with Crippen molar-refractivity contribution in [3.63, 3.8) is 0 Å². The number of aliphatic imine (C=N–C) groups is 1. The number of hydrogen-bond acceptors (Lipinski definition) is 2. The van der Waals surface area contributed by atoms with Gasteiger partial charge in [-0.15, -0.1) is 24.0 Å². The number of halogens is 3. The lowest BCUT2D eigenvalue weighted by Crippen LogP contribution is -2.50. The fourth-order valence-corrected chi connectivity index (χ4v) is 3.64. The molecule has 0 saturated carbocycles. The van der Waals surface area contributed by atoms with Crippen LogP contribution in [0, 0.1) is 0 Å². The number of benzene rings is 1. The Labute approximate surface area is 182 Å². The quantitative estimate of drug-likeness (QED) is 0.331. The lowest BCUT2D eigenvalue weighted by atomic mass is 10.0. The van der Waals surface area contributed by atoms with Crippen molar-refractivity contribution in [1.82, 2.24) is 15.5 Å². The van der Waals surface area contributed by atoms with Crippen molar-refractivity contribution < 1.29 is 0 Å². The van der Waals surface area contributed by atoms with Crippen LogP contribution < -0.4 is 10.6 Å². The van der Waals surface area contributed by atoms with Gasteiger partial charge in [0.25, 0.3) is 0 Å². The van der Waals surface area contributed by atoms with E-state index in [1.165, 1.54) is 18.4 Å². The molecule has 0 spiro atoms. The van der Waals surface area contributed by atoms with E-state index in [0.29, 0.717) is 12.1 Å². The molecule has 1 aliphatic heterocycles. The maximum Gasteiger partial charge on any atom is 0.191 e. The van der Waals surface area contributed by atoms with E-state index >= 15 is 0 Å². The molecule has 142 valence electrons. The van der Waals surface area contributed by atoms with Crippen molar-refractivity contribution in [2.24, 2.45) is 4.99 Å². The van der Waals surface area contributed by atoms with Gasteiger partial charge in [-0.1, -0.05) is 27.5 Å². The molecule has 2 N–H and O–H groups in total. The van der Waals surface area contributed by atoms with Crippen LogP contribution in [0.5, 0.6) is 0 Å². The second-order valence-corrected chi connectivity index (χ2v) is 7.82. The first-order chi connectivity index (χ1) is 11.5. The largest absolute Gasteiger partial charge is 0.356 e. The SMILES string of the molecule is CN=C(NCCc1cc(Cl)ccc1Br)NC1CCN(C(C)C)CC1.I. The molecule has 0 bridgehead atoms. The highest BCUT2D eigenvalue weighted by Gasteiger charge is 2.21. The minimum absolute atomic E-state index is 0. The van der Waals surface area contributed by atoms with Gasteiger partial charge in [0.05, 0.1) is 0 Å². The van der Waals surface area contributed by atoms with Crippen LogP contribution in [0.3, 0.4) is 0 Å². The van der Waals surface area contributed by atoms with E-state index in [0.717, 1.165) is 41.5 Å². The molecular formula is C18H29BrClIN4. The normalized spacial score (nSPS) is 16.6. The van der Waals surface area contributed by atoms with Crippen molar-refractivity contribution >= 4 is 57.5 Å². The monoisotopic (exact) mass is 542 g/mol. The van der Waals surface area contributed by atoms with E-state index in [4.69, 9.17) is 11.6 Å². The predicted molar refractivity (Wildman–Crippen MR) is 122 cm³/mol. The molecular weight excluding hydrogens is 514 g/mol. The molecule has 25 heavy (non-hydrogen) atoms. The van der Waals surface area contributed by atoms with Gasteiger partial charge in [0.1, 0.15) is 0 Å². The summed E-state index contributed by atoms with van der Waals surface area (Å²) in [5.74, 6) is 0.885. The molecule has 4 nitrogen and oxygen atoms in total. The average Bonchev–Trinajstić information content (AvgIpc) is 2.57. The summed E-state index contributed by atoms with van der Waals surface area (Å²) in [5, 5.41) is 7.73. The third-order valence-corrected chi connectivity index (χ3v) is 5.53. The second-order valence-electron chi connectivity index (χ2n) is 6.53. The van der Waals surface area contributed by atoms with Gasteiger partial charge in [-0.2, -0.15) is 0 Å². The van der Waals surface area contributed by atoms with Crippen LogP contribution in [0.15, 0.2) is 27.7 Å². The molecule has 0 aliphatic carbocycles. The summed E-state index contributed by atoms with van der Waals surface area (Å²) < 4.78 is 1.10. The molecule has 1 fully saturated rings. The molecule has 0 unspecified atom stereocenters. The Morgan fingerprint density at radius 3 is 2.64 bits per heavy atom. The summed E-state index contributed by atoms with van der Waals surface area (Å²) in [6, 6.07) is 7.04. The van der Waals surface area contributed by atoms with Crippen LogP contribution in [0.25, 0.3) is 0 Å². The number of rotatable bonds is 5. The van der Waals surface area contributed by atoms with Gasteiger partial charge in [0, 0.05) is 48.3 Å². The summed E-state index contributed by atoms with van der Waals surface area (Å²) in [6.07, 6.45) is 3.23. The zero-order chi connectivity index (χ0) is 17.5. The molecule has 1 aliphatic rings. The van der Waals surface area contributed by atoms with Gasteiger partial charge in [-0.25, -0.2) is 0 Å². The van der Waals surface area contributed by atoms with Gasteiger partial charge in [-0.3, -0.25) is 4.99 Å². The molecule has 2 rings (SSSR count). The van der Waals surface area contributed by atoms with Crippen LogP contribution in [-0.2, 0) is 6.42 Å². The van der Waals surface area contributed by atoms with Crippen molar-refractivity contribution in [1.29, 1.82) is 0 Å². The first-order valence-electron chi connectivity index (χ1n) is 8.64. The van der Waals surface area contributed by atoms with Crippen molar-refractivity contribution in [2.75, 3.05) is 26.7 Å². The predicted octanol–water partition coefficient (Wildman–Crippen LogP) is 4.30. The summed E-state index contributed by atoms with van der Waals surface area (Å²) in [6.45, 7) is 7.66. The Bertz CT molecular complexity index is 560. The fraction of sp³-hybridized carbons (Fsp3) is 0.611. The highest BCUT2D eigenvalue weighted by molar-refractivity contribution is 14.0. The van der Waals surface area contributed by atoms with Crippen molar-refractivity contribution in [2.45, 2.75) is 45.2 Å². The van der Waals surface area contributed by atoms with Crippen molar-refractivity contribution in [3.05, 3.63) is 33.3 Å². The summed E-state index contributed by atoms with van der Waals surface area (Å²) in [5.41, 5.74) is 1.20. The minimum atomic E-state index is 0. The first-order valence-corrected chi connectivity index (χ1v) is 9.82. The molecule has 0 amide bonds. The first kappa shape index (κ1) is 23.0. The lowest BCUT2D eigenvalue weighted by molar-refractivity contribution is 0.167. The molecule has 0 atom stereocenters. The molecule has 1 heterocycles. The molecule has 0 radical (unpaired) electrons. The summed E-state index contributed by atoms with van der Waals surface area (Å²) in [4.78, 5) is 6.88. The van der Waals surface area contributed by atoms with E-state index in [2.05, 4.69) is 50.3 Å². The maximum atomic E-state index is 6.07. The Morgan fingerprint density at radius 1 is 1.36 bits per heavy atom. The van der Waals surface area contributed by atoms with Gasteiger partial charge in [-0.05, 0) is 56.9 Å². The smallest absolute Gasteiger partial charge is 0.191 e. The number of hydrogen-bond donors (Lipinski definition) is 2. The van der Waals surface area contributed by atoms with E-state index in [-0.39, 0.29) is 24.0 Å². The van der Waals surface area contributed by atoms with Crippen LogP contribution >= 0.6 is 51.5 Å². The zero-order valence-electron chi connectivity index (χ0n) is 15.2. The maximum absolute atomic E-state index is 6.07. The average molecular weight is 544 g/mol. The fourth-order valence-electron chi connectivity index (χ4n) is 3.00. The molecule has 1 aromatic rings. The van der Waals surface area contributed by atoms with E-state index in [1.54, 1.807) is 0 Å². The van der Waals surface area contributed by atoms with E-state index in [9.17, 15) is 0 Å². The molecule has 7 heteroatoms. The van der Waals surface area contributed by atoms with E-state index in [1.807, 2.05) is 25.2 Å². The minimum Gasteiger partial charge on any atom is -0.356 e. The lowest BCUT2D eigenvalue weighted by Gasteiger charge is -2.35. The van der Waals surface area contributed by atoms with Gasteiger partial charge in [0.15, 0.2) is 5.96 Å². The topological polar surface area (TPSA) is 39.7 Å². The zero-order valence-corrected chi connectivity index (χ0v) is 19.9. The van der Waals surface area contributed by atoms with Gasteiger partial charge < -0.3 is 15.5 Å². The Hall–Kier alpha value is -0.0500. The van der Waals surface area contributed by atoms with Gasteiger partial charge >= 0.3 is 0 Å². The number of guanidine groups is 1. The van der Waals surface area contributed by atoms with Crippen LogP contribution in [-0.4, -0.2) is 49.6 Å². The Morgan fingerprint density at radius 2 is 2.04 bits per heavy atom. The standard InChI is InChI=1S/C18H28BrClN4.HI/c1-13(2)24-10-7-16(8-11-24)23-18(21-3)22-9-6-14-12-15(20)4-5-17(14)19;/h4-5,12-13,16H,6-11H2,1-3H3,(H2,21,22,23);1H. The van der Waals surface area contributed by atoms with Crippen LogP contribution in [0.4, 0.5) is 0 Å². The van der Waals surface area contributed by atoms with E-state index < -0.39 is 0 Å². The number of likely N-dealkylation sites (tertiary alicyclic amines) is 1. The number of nitrogens with zero attached hydrogens (tertiary/aromatic N) is 2. The third kappa shape index (κ3) is 7.61. The van der Waals surface area contributed by atoms with Crippen LogP contribution in [0.1, 0.15) is 32.3 Å². The molecule has 0 aromatic heterocycles.